The van der Waals surface area contributed by atoms with Crippen LogP contribution in [0.25, 0.3) is 0 Å². The number of aromatic amines is 4. The van der Waals surface area contributed by atoms with Crippen molar-refractivity contribution in [3.8, 4) is 23.0 Å². The molecule has 4 aromatic heterocycles. The summed E-state index contributed by atoms with van der Waals surface area (Å²) in [6.45, 7) is -3.90. The molecule has 4 unspecified atom stereocenters. The third-order valence-electron chi connectivity index (χ3n) is 18.7. The third-order valence-corrected chi connectivity index (χ3v) is 25.9. The smallest absolute Gasteiger partial charge is 0.403 e. The van der Waals surface area contributed by atoms with Crippen molar-refractivity contribution in [2.24, 2.45) is 0 Å². The first-order valence-corrected chi connectivity index (χ1v) is 44.1. The zero-order chi connectivity index (χ0) is 95.6. The van der Waals surface area contributed by atoms with Crippen LogP contribution < -0.4 is 40.3 Å². The monoisotopic (exact) mass is 1980 g/mol. The van der Waals surface area contributed by atoms with Crippen molar-refractivity contribution in [1.29, 1.82) is 0 Å². The molecule has 40 nitrogen and oxygen atoms in total. The van der Waals surface area contributed by atoms with E-state index in [9.17, 15) is 78.3 Å². The Morgan fingerprint density at radius 3 is 0.976 bits per heavy atom. The Bertz CT molecular complexity index is 6580. The molecule has 20 atom stereocenters. The van der Waals surface area contributed by atoms with E-state index in [4.69, 9.17) is 177 Å². The predicted octanol–water partition coefficient (Wildman–Crippen LogP) is 10.1. The van der Waals surface area contributed by atoms with Gasteiger partial charge in [0.2, 0.25) is 0 Å². The zero-order valence-electron chi connectivity index (χ0n) is 68.9. The minimum atomic E-state index is -4.82. The number of alkyl halides is 4. The highest BCUT2D eigenvalue weighted by Crippen LogP contribution is 2.61. The van der Waals surface area contributed by atoms with Crippen molar-refractivity contribution in [3.63, 3.8) is 0 Å². The first-order chi connectivity index (χ1) is 60.3. The molecule has 0 amide bonds. The number of aryl methyl sites for hydroxylation is 4. The number of aliphatic hydroxyl groups excluding tert-OH is 8. The SMILES string of the molecule is Cc1cccc2c1OP(=O)(OC[C@@]1(F)O[C@@H](n3cc(Cl)c(=O)[nH]c3=S)[C@H](O)[C@@H]1O)OC2.[2H]C([2H])(OP1(=O)OCc2cccc(C)c2O1)[C@@]1(F)O[C@@H](n2cc(Cl)c(=O)[nH]c2=S)[C@H](O)[C@@H]1O.[2H]C([2H])(OP1(=O)OCc2cccc(C)c2O1)[C@@]1(F)O[C@@]([2H])(n2cc(Cl)c(=O)[nH]c2=S)[C@H](O)[C@@H]1O.[2H][C@@]1(n2cc(Cl)c(=O)[nH]c2=S)O[C@](F)(COP2(=O)OCc3cccc(C)c3O2)[C@@H](O)[C@H]1O. The van der Waals surface area contributed by atoms with Crippen LogP contribution in [0.1, 0.15) is 77.6 Å². The Kier molecular flexibility index (Phi) is 25.8. The van der Waals surface area contributed by atoms with Gasteiger partial charge in [0.1, 0.15) is 118 Å². The number of rotatable bonds is 16. The van der Waals surface area contributed by atoms with Crippen LogP contribution in [0.2, 0.25) is 20.1 Å². The number of ether oxygens (including phenoxy) is 4. The number of phosphoric acid groups is 4. The number of benzene rings is 4. The van der Waals surface area contributed by atoms with Gasteiger partial charge >= 0.3 is 31.3 Å². The third kappa shape index (κ3) is 19.7. The van der Waals surface area contributed by atoms with Gasteiger partial charge in [-0.1, -0.05) is 119 Å². The predicted molar refractivity (Wildman–Crippen MR) is 428 cm³/mol. The zero-order valence-corrected chi connectivity index (χ0v) is 72.7. The van der Waals surface area contributed by atoms with E-state index in [1.165, 1.54) is 0 Å². The first kappa shape index (κ1) is 86.8. The van der Waals surface area contributed by atoms with Crippen LogP contribution in [-0.2, 0) is 99.8 Å². The molecule has 12 N–H and O–H groups in total. The lowest BCUT2D eigenvalue weighted by atomic mass is 10.1. The first-order valence-electron chi connectivity index (χ1n) is 38.2. The van der Waals surface area contributed by atoms with Gasteiger partial charge in [-0.15, -0.1) is 0 Å². The average molecular weight is 1990 g/mol. The van der Waals surface area contributed by atoms with Crippen LogP contribution in [-0.4, -0.2) is 178 Å². The summed E-state index contributed by atoms with van der Waals surface area (Å²) in [5, 5.41) is 81.0. The molecule has 4 fully saturated rings. The van der Waals surface area contributed by atoms with Crippen LogP contribution in [0.4, 0.5) is 17.6 Å². The van der Waals surface area contributed by atoms with Crippen LogP contribution in [0, 0.1) is 46.8 Å². The molecule has 0 bridgehead atoms. The molecule has 4 saturated heterocycles. The molecule has 16 rings (SSSR count). The number of nitrogens with one attached hydrogen (secondary N) is 4. The summed E-state index contributed by atoms with van der Waals surface area (Å²) < 4.78 is 246. The van der Waals surface area contributed by atoms with Crippen molar-refractivity contribution < 1.29 is 158 Å². The summed E-state index contributed by atoms with van der Waals surface area (Å²) in [6.07, 6.45) is -24.0. The molecule has 8 aliphatic rings. The maximum absolute atomic E-state index is 15.9. The Hall–Kier alpha value is -6.52. The Balaban J connectivity index is 0.000000148. The van der Waals surface area contributed by atoms with E-state index >= 15 is 17.6 Å². The van der Waals surface area contributed by atoms with Gasteiger partial charge in [0.15, 0.2) is 43.9 Å². The quantitative estimate of drug-likeness (QED) is 0.0243. The van der Waals surface area contributed by atoms with E-state index < -0.39 is 202 Å². The fraction of sp³-hybridized carbons (Fsp3) is 0.412. The highest BCUT2D eigenvalue weighted by molar-refractivity contribution is 7.71. The summed E-state index contributed by atoms with van der Waals surface area (Å²) >= 11 is 42.7. The number of phosphoric ester groups is 4. The molecule has 8 aromatic rings. The summed E-state index contributed by atoms with van der Waals surface area (Å²) in [5.74, 6) is -13.2. The molecular formula is C68H68Cl4F4N8O32P4S4. The molecule has 12 heterocycles. The molecule has 0 radical (unpaired) electrons. The number of hydrogen-bond donors (Lipinski definition) is 12. The molecule has 0 saturated carbocycles. The average Bonchev–Trinajstić information content (AvgIpc) is 1.55. The second kappa shape index (κ2) is 36.8. The van der Waals surface area contributed by atoms with Crippen molar-refractivity contribution in [2.75, 3.05) is 26.3 Å². The van der Waals surface area contributed by atoms with E-state index in [0.717, 1.165) is 33.9 Å². The fourth-order valence-corrected chi connectivity index (χ4v) is 18.7. The Morgan fingerprint density at radius 2 is 0.653 bits per heavy atom. The standard InChI is InChI=1S/4C17H17ClFN2O8PS/c4*1-8-3-2-4-9-6-26-30(25,29-12(8)9)27-7-17(19)13(23)11(22)15(28-17)21-5-10(18)14(24)20-16(21)31/h4*2-5,11,13,15,22-23H,6-7H2,1H3,(H,20,24,31)/t4*11-,13+,15-,17-,30?/m1111/s1/i7D2,15D;15D;7D2;. The van der Waals surface area contributed by atoms with E-state index in [1.54, 1.807) is 100 Å². The van der Waals surface area contributed by atoms with E-state index in [0.29, 0.717) is 59.4 Å². The van der Waals surface area contributed by atoms with E-state index in [1.807, 2.05) is 0 Å². The topological polar surface area (TPSA) is 529 Å². The second-order valence-electron chi connectivity index (χ2n) is 27.3. The van der Waals surface area contributed by atoms with Crippen molar-refractivity contribution >= 4 is 127 Å². The van der Waals surface area contributed by atoms with Gasteiger partial charge in [-0.3, -0.25) is 93.6 Å². The van der Waals surface area contributed by atoms with Crippen LogP contribution in [0.5, 0.6) is 23.0 Å². The van der Waals surface area contributed by atoms with Gasteiger partial charge in [0.25, 0.3) is 45.7 Å². The summed E-state index contributed by atoms with van der Waals surface area (Å²) in [4.78, 5) is 54.9. The molecule has 0 aliphatic carbocycles. The minimum absolute atomic E-state index is 0.0812. The molecule has 4 aromatic carbocycles. The fourth-order valence-electron chi connectivity index (χ4n) is 12.2. The summed E-state index contributed by atoms with van der Waals surface area (Å²) in [7, 11) is -18.1. The molecule has 124 heavy (non-hydrogen) atoms. The van der Waals surface area contributed by atoms with Gasteiger partial charge in [-0.25, -0.2) is 35.8 Å². The van der Waals surface area contributed by atoms with E-state index in [-0.39, 0.29) is 58.2 Å². The normalized spacial score (nSPS) is 34.6. The number of halogens is 8. The largest absolute Gasteiger partial charge is 0.530 e. The maximum atomic E-state index is 15.9. The van der Waals surface area contributed by atoms with Crippen LogP contribution in [0.3, 0.4) is 0 Å². The van der Waals surface area contributed by atoms with Crippen molar-refractivity contribution in [2.45, 2.75) is 151 Å². The number of nitrogens with zero attached hydrogens (tertiary/aromatic N) is 4. The number of H-pyrrole nitrogens is 4. The number of hydrogen-bond acceptors (Lipinski definition) is 36. The minimum Gasteiger partial charge on any atom is -0.403 e. The molecule has 56 heteroatoms. The van der Waals surface area contributed by atoms with Crippen molar-refractivity contribution in [3.05, 3.63) is 223 Å². The Labute approximate surface area is 741 Å². The number of aromatic nitrogens is 8. The molecular weight excluding hydrogens is 1910 g/mol. The summed E-state index contributed by atoms with van der Waals surface area (Å²) in [5.41, 5.74) is 1.54. The number of para-hydroxylation sites is 4. The maximum Gasteiger partial charge on any atom is 0.530 e. The lowest BCUT2D eigenvalue weighted by molar-refractivity contribution is -0.205. The van der Waals surface area contributed by atoms with Gasteiger partial charge in [-0.05, 0) is 98.8 Å². The van der Waals surface area contributed by atoms with Crippen LogP contribution in [0.15, 0.2) is 117 Å². The molecule has 0 spiro atoms. The number of fused-ring (bicyclic) bond motifs is 4. The lowest BCUT2D eigenvalue weighted by Crippen LogP contribution is -2.43. The lowest BCUT2D eigenvalue weighted by Gasteiger charge is -2.29. The van der Waals surface area contributed by atoms with Crippen molar-refractivity contribution in [1.82, 2.24) is 38.2 Å². The molecule has 8 aliphatic heterocycles. The van der Waals surface area contributed by atoms with E-state index in [2.05, 4.69) is 19.9 Å². The number of aliphatic hydroxyl groups is 8. The highest BCUT2D eigenvalue weighted by Gasteiger charge is 2.62. The molecule has 672 valence electrons. The van der Waals surface area contributed by atoms with Gasteiger partial charge in [0.05, 0.1) is 34.7 Å². The van der Waals surface area contributed by atoms with Gasteiger partial charge in [0, 0.05) is 47.0 Å². The second-order valence-corrected chi connectivity index (χ2v) is 36.7. The Morgan fingerprint density at radius 1 is 0.411 bits per heavy atom. The summed E-state index contributed by atoms with van der Waals surface area (Å²) in [6, 6.07) is 20.2. The van der Waals surface area contributed by atoms with Gasteiger partial charge in [-0.2, -0.15) is 0 Å². The van der Waals surface area contributed by atoms with Gasteiger partial charge < -0.3 is 77.9 Å². The highest BCUT2D eigenvalue weighted by atomic mass is 35.5. The van der Waals surface area contributed by atoms with Crippen LogP contribution >= 0.6 is 127 Å².